The van der Waals surface area contributed by atoms with Crippen molar-refractivity contribution in [1.82, 2.24) is 19.6 Å². The van der Waals surface area contributed by atoms with Crippen molar-refractivity contribution in [1.29, 1.82) is 0 Å². The van der Waals surface area contributed by atoms with Gasteiger partial charge < -0.3 is 10.3 Å². The minimum absolute atomic E-state index is 0.0374. The van der Waals surface area contributed by atoms with E-state index in [1.807, 2.05) is 45.0 Å². The predicted molar refractivity (Wildman–Crippen MR) is 125 cm³/mol. The topological polar surface area (TPSA) is 95.2 Å². The summed E-state index contributed by atoms with van der Waals surface area (Å²) >= 11 is 0. The van der Waals surface area contributed by atoms with Crippen molar-refractivity contribution in [3.63, 3.8) is 0 Å². The summed E-state index contributed by atoms with van der Waals surface area (Å²) in [7, 11) is -3.65. The molecule has 32 heavy (non-hydrogen) atoms. The monoisotopic (exact) mass is 454 g/mol. The van der Waals surface area contributed by atoms with Gasteiger partial charge in [-0.1, -0.05) is 38.5 Å². The number of aromatic amines is 1. The largest absolute Gasteiger partial charge is 0.342 e. The molecular weight excluding hydrogens is 424 g/mol. The highest BCUT2D eigenvalue weighted by Gasteiger charge is 2.31. The molecule has 4 rings (SSSR count). The van der Waals surface area contributed by atoms with E-state index in [4.69, 9.17) is 0 Å². The van der Waals surface area contributed by atoms with Crippen molar-refractivity contribution >= 4 is 27.0 Å². The first-order valence-electron chi connectivity index (χ1n) is 11.1. The lowest BCUT2D eigenvalue weighted by Crippen LogP contribution is -2.42. The lowest BCUT2D eigenvalue weighted by molar-refractivity contribution is 0.0923. The number of sulfonamides is 1. The molecule has 2 atom stereocenters. The number of fused-ring (bicyclic) bond motifs is 1. The third-order valence-corrected chi connectivity index (χ3v) is 8.11. The first-order chi connectivity index (χ1) is 15.3. The van der Waals surface area contributed by atoms with Crippen LogP contribution in [0.2, 0.25) is 0 Å². The molecule has 1 aliphatic rings. The van der Waals surface area contributed by atoms with Crippen LogP contribution in [0, 0.1) is 5.92 Å². The molecular formula is C24H30N4O3S. The van der Waals surface area contributed by atoms with Gasteiger partial charge in [0, 0.05) is 18.2 Å². The minimum atomic E-state index is -3.65. The van der Waals surface area contributed by atoms with Crippen LogP contribution in [0.1, 0.15) is 62.3 Å². The Bertz CT molecular complexity index is 1190. The van der Waals surface area contributed by atoms with E-state index in [9.17, 15) is 13.2 Å². The highest BCUT2D eigenvalue weighted by atomic mass is 32.2. The van der Waals surface area contributed by atoms with Crippen molar-refractivity contribution in [2.45, 2.75) is 57.0 Å². The highest BCUT2D eigenvalue weighted by Crippen LogP contribution is 2.26. The number of carbonyl (C=O) groups is 1. The van der Waals surface area contributed by atoms with Gasteiger partial charge in [-0.05, 0) is 56.0 Å². The van der Waals surface area contributed by atoms with E-state index in [0.717, 1.165) is 30.3 Å². The van der Waals surface area contributed by atoms with Gasteiger partial charge >= 0.3 is 0 Å². The number of benzene rings is 2. The molecule has 1 saturated heterocycles. The number of hydrogen-bond donors (Lipinski definition) is 2. The number of carbonyl (C=O) groups excluding carboxylic acids is 1. The number of hydrogen-bond acceptors (Lipinski definition) is 4. The number of piperidine rings is 1. The molecule has 0 aliphatic carbocycles. The maximum absolute atomic E-state index is 13.2. The van der Waals surface area contributed by atoms with Crippen LogP contribution in [-0.4, -0.2) is 41.2 Å². The number of nitrogens with one attached hydrogen (secondary N) is 2. The van der Waals surface area contributed by atoms with Gasteiger partial charge in [0.25, 0.3) is 5.91 Å². The molecule has 0 saturated carbocycles. The summed E-state index contributed by atoms with van der Waals surface area (Å²) in [5.41, 5.74) is 2.06. The van der Waals surface area contributed by atoms with Crippen LogP contribution in [0.3, 0.4) is 0 Å². The molecule has 7 nitrogen and oxygen atoms in total. The van der Waals surface area contributed by atoms with Crippen LogP contribution in [0.4, 0.5) is 0 Å². The number of nitrogens with zero attached hydrogens (tertiary/aromatic N) is 2. The molecule has 1 aromatic heterocycles. The van der Waals surface area contributed by atoms with E-state index >= 15 is 0 Å². The van der Waals surface area contributed by atoms with Gasteiger partial charge in [-0.15, -0.1) is 0 Å². The Morgan fingerprint density at radius 3 is 2.66 bits per heavy atom. The Hall–Kier alpha value is -2.71. The van der Waals surface area contributed by atoms with Crippen LogP contribution >= 0.6 is 0 Å². The lowest BCUT2D eigenvalue weighted by atomic mass is 10.0. The van der Waals surface area contributed by atoms with E-state index in [1.54, 1.807) is 22.5 Å². The first-order valence-corrected chi connectivity index (χ1v) is 12.6. The number of amides is 1. The van der Waals surface area contributed by atoms with E-state index < -0.39 is 10.0 Å². The lowest BCUT2D eigenvalue weighted by Gasteiger charge is -2.32. The Labute approximate surface area is 189 Å². The van der Waals surface area contributed by atoms with Gasteiger partial charge in [0.15, 0.2) is 0 Å². The van der Waals surface area contributed by atoms with E-state index in [1.165, 1.54) is 6.07 Å². The predicted octanol–water partition coefficient (Wildman–Crippen LogP) is 4.25. The van der Waals surface area contributed by atoms with Gasteiger partial charge in [-0.25, -0.2) is 13.4 Å². The molecule has 1 fully saturated rings. The van der Waals surface area contributed by atoms with Crippen molar-refractivity contribution in [2.24, 2.45) is 5.92 Å². The van der Waals surface area contributed by atoms with Gasteiger partial charge in [-0.3, -0.25) is 4.79 Å². The average Bonchev–Trinajstić information content (AvgIpc) is 3.21. The summed E-state index contributed by atoms with van der Waals surface area (Å²) in [6.07, 6.45) is 2.75. The fraction of sp³-hybridized carbons (Fsp3) is 0.417. The number of imidazole rings is 1. The van der Waals surface area contributed by atoms with Crippen molar-refractivity contribution in [2.75, 3.05) is 6.54 Å². The van der Waals surface area contributed by atoms with Gasteiger partial charge in [0.1, 0.15) is 5.82 Å². The van der Waals surface area contributed by atoms with Crippen LogP contribution in [0.25, 0.3) is 11.0 Å². The summed E-state index contributed by atoms with van der Waals surface area (Å²) in [6.45, 7) is 6.47. The first kappa shape index (κ1) is 22.5. The van der Waals surface area contributed by atoms with Gasteiger partial charge in [-0.2, -0.15) is 4.31 Å². The molecule has 2 N–H and O–H groups in total. The normalized spacial score (nSPS) is 18.7. The van der Waals surface area contributed by atoms with Gasteiger partial charge in [0.2, 0.25) is 10.0 Å². The summed E-state index contributed by atoms with van der Waals surface area (Å²) in [5.74, 6) is 0.439. The molecule has 1 unspecified atom stereocenters. The molecule has 2 heterocycles. The molecule has 0 spiro atoms. The zero-order chi connectivity index (χ0) is 22.9. The Balaban J connectivity index is 1.58. The third kappa shape index (κ3) is 4.42. The van der Waals surface area contributed by atoms with E-state index in [-0.39, 0.29) is 28.8 Å². The van der Waals surface area contributed by atoms with Crippen LogP contribution in [-0.2, 0) is 10.0 Å². The number of rotatable bonds is 6. The third-order valence-electron chi connectivity index (χ3n) is 6.10. The molecule has 2 aromatic carbocycles. The minimum Gasteiger partial charge on any atom is -0.342 e. The Morgan fingerprint density at radius 2 is 1.94 bits per heavy atom. The summed E-state index contributed by atoms with van der Waals surface area (Å²) in [6, 6.07) is 13.7. The quantitative estimate of drug-likeness (QED) is 0.582. The number of para-hydroxylation sites is 2. The van der Waals surface area contributed by atoms with Crippen LogP contribution in [0.15, 0.2) is 53.4 Å². The highest BCUT2D eigenvalue weighted by molar-refractivity contribution is 7.89. The van der Waals surface area contributed by atoms with Crippen LogP contribution in [0.5, 0.6) is 0 Å². The smallest absolute Gasteiger partial charge is 0.251 e. The fourth-order valence-corrected chi connectivity index (χ4v) is 6.00. The summed E-state index contributed by atoms with van der Waals surface area (Å²) < 4.78 is 28.0. The molecule has 8 heteroatoms. The molecule has 3 aromatic rings. The maximum Gasteiger partial charge on any atom is 0.251 e. The Kier molecular flexibility index (Phi) is 6.35. The zero-order valence-electron chi connectivity index (χ0n) is 18.7. The molecule has 0 radical (unpaired) electrons. The SMILES string of the molecule is CC(C)[C@H](NC(=O)c1cccc(S(=O)(=O)N2CCCCC2C)c1)c1nc2ccccc2[nH]1. The standard InChI is InChI=1S/C24H30N4O3S/c1-16(2)22(23-25-20-12-4-5-13-21(20)26-23)27-24(29)18-10-8-11-19(15-18)32(30,31)28-14-7-6-9-17(28)3/h4-5,8,10-13,15-17,22H,6-7,9,14H2,1-3H3,(H,25,26)(H,27,29)/t17?,22-/m0/s1. The molecule has 1 aliphatic heterocycles. The molecule has 1 amide bonds. The second-order valence-corrected chi connectivity index (χ2v) is 10.7. The van der Waals surface area contributed by atoms with E-state index in [2.05, 4.69) is 15.3 Å². The maximum atomic E-state index is 13.2. The van der Waals surface area contributed by atoms with Gasteiger partial charge in [0.05, 0.1) is 22.0 Å². The second-order valence-electron chi connectivity index (χ2n) is 8.82. The number of aromatic nitrogens is 2. The van der Waals surface area contributed by atoms with Crippen LogP contribution < -0.4 is 5.32 Å². The van der Waals surface area contributed by atoms with Crippen molar-refractivity contribution in [3.05, 3.63) is 59.9 Å². The average molecular weight is 455 g/mol. The number of H-pyrrole nitrogens is 1. The zero-order valence-corrected chi connectivity index (χ0v) is 19.5. The second kappa shape index (κ2) is 9.03. The van der Waals surface area contributed by atoms with Crippen molar-refractivity contribution in [3.8, 4) is 0 Å². The van der Waals surface area contributed by atoms with E-state index in [0.29, 0.717) is 17.9 Å². The molecule has 0 bridgehead atoms. The summed E-state index contributed by atoms with van der Waals surface area (Å²) in [4.78, 5) is 21.2. The molecule has 170 valence electrons. The Morgan fingerprint density at radius 1 is 1.16 bits per heavy atom. The van der Waals surface area contributed by atoms with Crippen molar-refractivity contribution < 1.29 is 13.2 Å². The summed E-state index contributed by atoms with van der Waals surface area (Å²) in [5, 5.41) is 3.04. The fourth-order valence-electron chi connectivity index (χ4n) is 4.26.